The molecule has 0 unspecified atom stereocenters. The molecule has 1 heterocycles. The van der Waals surface area contributed by atoms with Crippen molar-refractivity contribution in [1.82, 2.24) is 9.78 Å². The normalized spacial score (nSPS) is 10.4. The van der Waals surface area contributed by atoms with Gasteiger partial charge in [0, 0.05) is 23.0 Å². The van der Waals surface area contributed by atoms with Crippen molar-refractivity contribution < 1.29 is 19.1 Å². The van der Waals surface area contributed by atoms with Crippen LogP contribution in [0.1, 0.15) is 10.5 Å². The van der Waals surface area contributed by atoms with Crippen LogP contribution in [0.2, 0.25) is 5.02 Å². The maximum atomic E-state index is 12.5. The highest BCUT2D eigenvalue weighted by molar-refractivity contribution is 6.30. The summed E-state index contributed by atoms with van der Waals surface area (Å²) in [6.07, 6.45) is 1.66. The number of halogens is 1. The van der Waals surface area contributed by atoms with Crippen LogP contribution in [0, 0.1) is 0 Å². The van der Waals surface area contributed by atoms with Crippen molar-refractivity contribution in [1.29, 1.82) is 0 Å². The van der Waals surface area contributed by atoms with Gasteiger partial charge in [-0.25, -0.2) is 4.68 Å². The molecule has 1 aromatic heterocycles. The molecular weight excluding hydrogens is 384 g/mol. The molecule has 144 valence electrons. The molecule has 0 spiro atoms. The Morgan fingerprint density at radius 1 is 1.18 bits per heavy atom. The molecule has 0 aliphatic rings. The van der Waals surface area contributed by atoms with E-state index in [1.165, 1.54) is 13.2 Å². The van der Waals surface area contributed by atoms with Gasteiger partial charge in [-0.2, -0.15) is 5.10 Å². The first kappa shape index (κ1) is 19.2. The van der Waals surface area contributed by atoms with E-state index < -0.39 is 11.8 Å². The number of amides is 2. The number of nitrogens with one attached hydrogen (secondary N) is 1. The lowest BCUT2D eigenvalue weighted by Gasteiger charge is -2.11. The van der Waals surface area contributed by atoms with Crippen LogP contribution >= 0.6 is 11.6 Å². The molecule has 3 rings (SSSR count). The summed E-state index contributed by atoms with van der Waals surface area (Å²) in [6.45, 7) is -0.308. The zero-order chi connectivity index (χ0) is 20.1. The maximum absolute atomic E-state index is 12.5. The number of anilines is 1. The zero-order valence-corrected chi connectivity index (χ0v) is 15.6. The van der Waals surface area contributed by atoms with Gasteiger partial charge < -0.3 is 20.5 Å². The minimum absolute atomic E-state index is 0.218. The Kier molecular flexibility index (Phi) is 5.81. The van der Waals surface area contributed by atoms with E-state index in [4.69, 9.17) is 26.8 Å². The van der Waals surface area contributed by atoms with Crippen molar-refractivity contribution in [2.45, 2.75) is 0 Å². The van der Waals surface area contributed by atoms with Crippen molar-refractivity contribution >= 4 is 29.1 Å². The van der Waals surface area contributed by atoms with Crippen molar-refractivity contribution in [2.24, 2.45) is 5.73 Å². The zero-order valence-electron chi connectivity index (χ0n) is 14.9. The van der Waals surface area contributed by atoms with Crippen molar-refractivity contribution in [3.05, 3.63) is 65.4 Å². The summed E-state index contributed by atoms with van der Waals surface area (Å²) in [6, 6.07) is 13.5. The fourth-order valence-corrected chi connectivity index (χ4v) is 2.60. The Hall–Kier alpha value is -3.52. The molecule has 0 radical (unpaired) electrons. The molecule has 0 fully saturated rings. The number of primary amides is 1. The summed E-state index contributed by atoms with van der Waals surface area (Å²) in [4.78, 5) is 23.4. The van der Waals surface area contributed by atoms with Gasteiger partial charge in [0.2, 0.25) is 0 Å². The highest BCUT2D eigenvalue weighted by Gasteiger charge is 2.13. The topological polar surface area (TPSA) is 108 Å². The van der Waals surface area contributed by atoms with E-state index in [1.807, 2.05) is 6.07 Å². The first-order chi connectivity index (χ1) is 13.5. The van der Waals surface area contributed by atoms with Crippen molar-refractivity contribution in [3.8, 4) is 17.2 Å². The first-order valence-electron chi connectivity index (χ1n) is 8.18. The predicted molar refractivity (Wildman–Crippen MR) is 104 cm³/mol. The van der Waals surface area contributed by atoms with Gasteiger partial charge in [-0.3, -0.25) is 9.59 Å². The Bertz CT molecular complexity index is 1020. The minimum Gasteiger partial charge on any atom is -0.493 e. The molecule has 3 N–H and O–H groups in total. The molecule has 0 bridgehead atoms. The quantitative estimate of drug-likeness (QED) is 0.633. The van der Waals surface area contributed by atoms with Crippen LogP contribution in [-0.2, 0) is 4.79 Å². The van der Waals surface area contributed by atoms with Crippen LogP contribution in [0.5, 0.6) is 11.5 Å². The third kappa shape index (κ3) is 4.60. The van der Waals surface area contributed by atoms with Gasteiger partial charge in [0.25, 0.3) is 11.8 Å². The first-order valence-corrected chi connectivity index (χ1v) is 8.56. The fraction of sp³-hybridized carbons (Fsp3) is 0.105. The Morgan fingerprint density at radius 2 is 2.00 bits per heavy atom. The summed E-state index contributed by atoms with van der Waals surface area (Å²) in [7, 11) is 1.47. The summed E-state index contributed by atoms with van der Waals surface area (Å²) in [5.74, 6) is -0.345. The molecule has 0 saturated carbocycles. The van der Waals surface area contributed by atoms with Gasteiger partial charge in [-0.1, -0.05) is 17.7 Å². The Balaban J connectivity index is 1.76. The average molecular weight is 401 g/mol. The standard InChI is InChI=1S/C19H17ClN4O4/c1-27-16-6-5-13(10-17(16)28-11-18(21)25)22-19(26)15-7-8-24(23-15)14-4-2-3-12(20)9-14/h2-10H,11H2,1H3,(H2,21,25)(H,22,26). The van der Waals surface area contributed by atoms with Crippen LogP contribution in [0.4, 0.5) is 5.69 Å². The predicted octanol–water partition coefficient (Wildman–Crippen LogP) is 2.65. The number of hydrogen-bond acceptors (Lipinski definition) is 5. The lowest BCUT2D eigenvalue weighted by Crippen LogP contribution is -2.20. The molecule has 0 aliphatic carbocycles. The molecule has 9 heteroatoms. The Morgan fingerprint density at radius 3 is 2.71 bits per heavy atom. The fourth-order valence-electron chi connectivity index (χ4n) is 2.42. The summed E-state index contributed by atoms with van der Waals surface area (Å²) < 4.78 is 12.0. The van der Waals surface area contributed by atoms with Gasteiger partial charge >= 0.3 is 0 Å². The summed E-state index contributed by atoms with van der Waals surface area (Å²) in [5, 5.41) is 7.55. The van der Waals surface area contributed by atoms with Crippen LogP contribution < -0.4 is 20.5 Å². The monoisotopic (exact) mass is 400 g/mol. The number of carbonyl (C=O) groups excluding carboxylic acids is 2. The van der Waals surface area contributed by atoms with Crippen LogP contribution in [-0.4, -0.2) is 35.3 Å². The number of nitrogens with two attached hydrogens (primary N) is 1. The largest absolute Gasteiger partial charge is 0.493 e. The lowest BCUT2D eigenvalue weighted by molar-refractivity contribution is -0.119. The summed E-state index contributed by atoms with van der Waals surface area (Å²) in [5.41, 5.74) is 6.49. The lowest BCUT2D eigenvalue weighted by atomic mass is 10.2. The number of benzene rings is 2. The number of methoxy groups -OCH3 is 1. The van der Waals surface area contributed by atoms with Crippen molar-refractivity contribution in [3.63, 3.8) is 0 Å². The smallest absolute Gasteiger partial charge is 0.276 e. The third-order valence-corrected chi connectivity index (χ3v) is 3.92. The van der Waals surface area contributed by atoms with Crippen LogP contribution in [0.15, 0.2) is 54.7 Å². The van der Waals surface area contributed by atoms with Gasteiger partial charge in [0.1, 0.15) is 0 Å². The van der Waals surface area contributed by atoms with Gasteiger partial charge in [0.05, 0.1) is 12.8 Å². The highest BCUT2D eigenvalue weighted by atomic mass is 35.5. The number of ether oxygens (including phenoxy) is 2. The molecule has 3 aromatic rings. The molecule has 2 amide bonds. The maximum Gasteiger partial charge on any atom is 0.276 e. The van der Waals surface area contributed by atoms with E-state index in [1.54, 1.807) is 47.3 Å². The van der Waals surface area contributed by atoms with E-state index >= 15 is 0 Å². The Labute approximate surface area is 165 Å². The summed E-state index contributed by atoms with van der Waals surface area (Å²) >= 11 is 5.98. The average Bonchev–Trinajstić information content (AvgIpc) is 3.17. The van der Waals surface area contributed by atoms with E-state index in [0.717, 1.165) is 5.69 Å². The molecular formula is C19H17ClN4O4. The number of hydrogen-bond donors (Lipinski definition) is 2. The molecule has 0 atom stereocenters. The SMILES string of the molecule is COc1ccc(NC(=O)c2ccn(-c3cccc(Cl)c3)n2)cc1OCC(N)=O. The minimum atomic E-state index is -0.622. The van der Waals surface area contributed by atoms with Gasteiger partial charge in [-0.05, 0) is 36.4 Å². The van der Waals surface area contributed by atoms with Gasteiger partial charge in [-0.15, -0.1) is 0 Å². The van der Waals surface area contributed by atoms with Crippen LogP contribution in [0.3, 0.4) is 0 Å². The van der Waals surface area contributed by atoms with E-state index in [9.17, 15) is 9.59 Å². The van der Waals surface area contributed by atoms with Crippen LogP contribution in [0.25, 0.3) is 5.69 Å². The van der Waals surface area contributed by atoms with E-state index in [2.05, 4.69) is 10.4 Å². The molecule has 2 aromatic carbocycles. The number of carbonyl (C=O) groups is 2. The second-order valence-corrected chi connectivity index (χ2v) is 6.14. The van der Waals surface area contributed by atoms with E-state index in [0.29, 0.717) is 16.5 Å². The van der Waals surface area contributed by atoms with Gasteiger partial charge in [0.15, 0.2) is 23.8 Å². The second kappa shape index (κ2) is 8.45. The number of aromatic nitrogens is 2. The molecule has 28 heavy (non-hydrogen) atoms. The van der Waals surface area contributed by atoms with E-state index in [-0.39, 0.29) is 18.1 Å². The number of nitrogens with zero attached hydrogens (tertiary/aromatic N) is 2. The molecule has 0 aliphatic heterocycles. The third-order valence-electron chi connectivity index (χ3n) is 3.69. The highest BCUT2D eigenvalue weighted by Crippen LogP contribution is 2.30. The van der Waals surface area contributed by atoms with Crippen molar-refractivity contribution in [2.75, 3.05) is 19.0 Å². The molecule has 0 saturated heterocycles. The molecule has 8 nitrogen and oxygen atoms in total. The second-order valence-electron chi connectivity index (χ2n) is 5.70. The number of rotatable bonds is 7.